The van der Waals surface area contributed by atoms with Crippen molar-refractivity contribution < 1.29 is 24.5 Å². The molecule has 29 heavy (non-hydrogen) atoms. The average molecular weight is 404 g/mol. The van der Waals surface area contributed by atoms with E-state index in [1.807, 2.05) is 11.8 Å². The van der Waals surface area contributed by atoms with E-state index in [0.717, 1.165) is 18.9 Å². The first kappa shape index (κ1) is 19.8. The lowest BCUT2D eigenvalue weighted by Gasteiger charge is -2.41. The van der Waals surface area contributed by atoms with Gasteiger partial charge in [-0.1, -0.05) is 6.92 Å². The Balaban J connectivity index is 1.93. The second-order valence-electron chi connectivity index (χ2n) is 8.36. The normalized spacial score (nSPS) is 24.9. The average Bonchev–Trinajstić information content (AvgIpc) is 3.50. The van der Waals surface area contributed by atoms with Gasteiger partial charge < -0.3 is 24.8 Å². The van der Waals surface area contributed by atoms with Crippen molar-refractivity contribution in [3.8, 4) is 0 Å². The number of rotatable bonds is 4. The molecule has 1 aromatic carbocycles. The van der Waals surface area contributed by atoms with E-state index in [4.69, 9.17) is 0 Å². The minimum absolute atomic E-state index is 0.0688. The molecule has 0 radical (unpaired) electrons. The summed E-state index contributed by atoms with van der Waals surface area (Å²) in [4.78, 5) is 26.0. The van der Waals surface area contributed by atoms with E-state index in [-0.39, 0.29) is 29.5 Å². The molecule has 1 saturated heterocycles. The molecule has 8 heteroatoms. The van der Waals surface area contributed by atoms with Gasteiger partial charge in [-0.05, 0) is 37.3 Å². The number of aliphatic hydroxyl groups is 2. The van der Waals surface area contributed by atoms with Crippen molar-refractivity contribution in [1.29, 1.82) is 0 Å². The van der Waals surface area contributed by atoms with Crippen LogP contribution in [0.25, 0.3) is 10.9 Å². The Labute approximate surface area is 167 Å². The molecule has 0 amide bonds. The van der Waals surface area contributed by atoms with E-state index >= 15 is 4.39 Å². The van der Waals surface area contributed by atoms with Gasteiger partial charge in [-0.2, -0.15) is 0 Å². The number of fused-ring (bicyclic) bond motifs is 1. The summed E-state index contributed by atoms with van der Waals surface area (Å²) in [7, 11) is 0. The SMILES string of the molecule is Cc1c(N2CC(C)C(O)C(CO)C2)c(F)cc2c(=O)c(C(=O)O)cn(C3CC3)c12. The highest BCUT2D eigenvalue weighted by molar-refractivity contribution is 5.95. The zero-order valence-electron chi connectivity index (χ0n) is 16.4. The molecule has 1 aliphatic heterocycles. The number of carboxylic acid groups (broad SMARTS) is 1. The molecule has 1 aliphatic carbocycles. The molecule has 3 N–H and O–H groups in total. The Morgan fingerprint density at radius 1 is 1.31 bits per heavy atom. The minimum Gasteiger partial charge on any atom is -0.477 e. The van der Waals surface area contributed by atoms with Gasteiger partial charge in [-0.3, -0.25) is 4.79 Å². The molecule has 2 aromatic rings. The van der Waals surface area contributed by atoms with Crippen molar-refractivity contribution in [3.05, 3.63) is 39.4 Å². The fraction of sp³-hybridized carbons (Fsp3) is 0.524. The van der Waals surface area contributed by atoms with E-state index in [2.05, 4.69) is 0 Å². The van der Waals surface area contributed by atoms with E-state index in [1.165, 1.54) is 6.20 Å². The van der Waals surface area contributed by atoms with Crippen molar-refractivity contribution in [2.24, 2.45) is 11.8 Å². The first-order valence-corrected chi connectivity index (χ1v) is 9.89. The summed E-state index contributed by atoms with van der Waals surface area (Å²) < 4.78 is 17.0. The Morgan fingerprint density at radius 2 is 2.00 bits per heavy atom. The third-order valence-corrected chi connectivity index (χ3v) is 6.23. The highest BCUT2D eigenvalue weighted by atomic mass is 19.1. The molecule has 0 bridgehead atoms. The van der Waals surface area contributed by atoms with Crippen LogP contribution >= 0.6 is 0 Å². The Hall–Kier alpha value is -2.45. The van der Waals surface area contributed by atoms with Crippen LogP contribution in [-0.2, 0) is 0 Å². The van der Waals surface area contributed by atoms with E-state index in [1.54, 1.807) is 11.5 Å². The van der Waals surface area contributed by atoms with Gasteiger partial charge in [0.05, 0.1) is 23.9 Å². The quantitative estimate of drug-likeness (QED) is 0.719. The number of anilines is 1. The van der Waals surface area contributed by atoms with Gasteiger partial charge in [0.15, 0.2) is 0 Å². The summed E-state index contributed by atoms with van der Waals surface area (Å²) in [5.41, 5.74) is 0.422. The molecule has 3 atom stereocenters. The number of pyridine rings is 1. The van der Waals surface area contributed by atoms with Gasteiger partial charge in [-0.15, -0.1) is 0 Å². The van der Waals surface area contributed by atoms with E-state index < -0.39 is 29.2 Å². The van der Waals surface area contributed by atoms with Crippen molar-refractivity contribution in [2.45, 2.75) is 38.8 Å². The highest BCUT2D eigenvalue weighted by Gasteiger charge is 2.35. The summed E-state index contributed by atoms with van der Waals surface area (Å²) in [6.45, 7) is 4.11. The zero-order chi connectivity index (χ0) is 21.0. The van der Waals surface area contributed by atoms with Gasteiger partial charge in [0.25, 0.3) is 0 Å². The molecular weight excluding hydrogens is 379 g/mol. The Bertz CT molecular complexity index is 1050. The lowest BCUT2D eigenvalue weighted by Crippen LogP contribution is -2.50. The van der Waals surface area contributed by atoms with Crippen LogP contribution in [0.2, 0.25) is 0 Å². The van der Waals surface area contributed by atoms with Crippen LogP contribution in [0.15, 0.2) is 17.1 Å². The standard InChI is InChI=1S/C21H25FN2O5/c1-10-6-23(7-12(9-25)19(10)26)18-11(2)17-14(5-16(18)22)20(27)15(21(28)29)8-24(17)13-3-4-13/h5,8,10,12-13,19,25-26H,3-4,6-7,9H2,1-2H3,(H,28,29). The molecule has 3 unspecified atom stereocenters. The molecule has 1 aromatic heterocycles. The van der Waals surface area contributed by atoms with E-state index in [9.17, 15) is 24.9 Å². The van der Waals surface area contributed by atoms with Crippen molar-refractivity contribution in [1.82, 2.24) is 4.57 Å². The monoisotopic (exact) mass is 404 g/mol. The number of aryl methyl sites for hydroxylation is 1. The number of aliphatic hydroxyl groups excluding tert-OH is 2. The Kier molecular flexibility index (Phi) is 4.86. The third-order valence-electron chi connectivity index (χ3n) is 6.23. The van der Waals surface area contributed by atoms with Crippen molar-refractivity contribution >= 4 is 22.6 Å². The predicted molar refractivity (Wildman–Crippen MR) is 106 cm³/mol. The third kappa shape index (κ3) is 3.20. The number of aromatic nitrogens is 1. The van der Waals surface area contributed by atoms with Crippen LogP contribution in [0.1, 0.15) is 41.7 Å². The van der Waals surface area contributed by atoms with E-state index in [0.29, 0.717) is 29.9 Å². The summed E-state index contributed by atoms with van der Waals surface area (Å²) in [5.74, 6) is -2.47. The minimum atomic E-state index is -1.32. The summed E-state index contributed by atoms with van der Waals surface area (Å²) in [5, 5.41) is 29.4. The van der Waals surface area contributed by atoms with Crippen LogP contribution < -0.4 is 10.3 Å². The molecule has 2 aliphatic rings. The topological polar surface area (TPSA) is 103 Å². The number of piperidine rings is 1. The summed E-state index contributed by atoms with van der Waals surface area (Å²) in [6, 6.07) is 1.23. The van der Waals surface area contributed by atoms with Gasteiger partial charge in [-0.25, -0.2) is 9.18 Å². The lowest BCUT2D eigenvalue weighted by atomic mass is 9.87. The lowest BCUT2D eigenvalue weighted by molar-refractivity contribution is 0.0175. The zero-order valence-corrected chi connectivity index (χ0v) is 16.4. The fourth-order valence-corrected chi connectivity index (χ4v) is 4.59. The highest BCUT2D eigenvalue weighted by Crippen LogP contribution is 2.40. The number of hydrogen-bond donors (Lipinski definition) is 3. The van der Waals surface area contributed by atoms with Gasteiger partial charge in [0.1, 0.15) is 11.4 Å². The molecule has 2 heterocycles. The number of halogens is 1. The molecule has 2 fully saturated rings. The largest absolute Gasteiger partial charge is 0.477 e. The second kappa shape index (κ2) is 7.11. The number of hydrogen-bond acceptors (Lipinski definition) is 5. The maximum absolute atomic E-state index is 15.2. The second-order valence-corrected chi connectivity index (χ2v) is 8.36. The molecular formula is C21H25FN2O5. The first-order chi connectivity index (χ1) is 13.7. The molecule has 4 rings (SSSR count). The number of nitrogens with zero attached hydrogens (tertiary/aromatic N) is 2. The van der Waals surface area contributed by atoms with Crippen LogP contribution in [-0.4, -0.2) is 51.7 Å². The van der Waals surface area contributed by atoms with Crippen LogP contribution in [0.4, 0.5) is 10.1 Å². The maximum Gasteiger partial charge on any atom is 0.341 e. The molecule has 156 valence electrons. The van der Waals surface area contributed by atoms with Gasteiger partial charge in [0, 0.05) is 36.6 Å². The number of carboxylic acids is 1. The smallest absolute Gasteiger partial charge is 0.341 e. The summed E-state index contributed by atoms with van der Waals surface area (Å²) in [6.07, 6.45) is 2.46. The molecule has 0 spiro atoms. The van der Waals surface area contributed by atoms with Crippen LogP contribution in [0.3, 0.4) is 0 Å². The molecule has 7 nitrogen and oxygen atoms in total. The van der Waals surface area contributed by atoms with Crippen LogP contribution in [0, 0.1) is 24.6 Å². The predicted octanol–water partition coefficient (Wildman–Crippen LogP) is 1.91. The number of aromatic carboxylic acids is 1. The number of benzene rings is 1. The summed E-state index contributed by atoms with van der Waals surface area (Å²) >= 11 is 0. The van der Waals surface area contributed by atoms with Gasteiger partial charge in [0.2, 0.25) is 5.43 Å². The molecule has 1 saturated carbocycles. The fourth-order valence-electron chi connectivity index (χ4n) is 4.59. The van der Waals surface area contributed by atoms with Gasteiger partial charge >= 0.3 is 5.97 Å². The number of carbonyl (C=O) groups is 1. The maximum atomic E-state index is 15.2. The van der Waals surface area contributed by atoms with Crippen molar-refractivity contribution in [3.63, 3.8) is 0 Å². The van der Waals surface area contributed by atoms with Crippen LogP contribution in [0.5, 0.6) is 0 Å². The Morgan fingerprint density at radius 3 is 2.59 bits per heavy atom. The first-order valence-electron chi connectivity index (χ1n) is 9.89. The van der Waals surface area contributed by atoms with Crippen molar-refractivity contribution in [2.75, 3.05) is 24.6 Å².